The second-order valence-corrected chi connectivity index (χ2v) is 6.84. The number of pyridine rings is 1. The van der Waals surface area contributed by atoms with Gasteiger partial charge in [-0.05, 0) is 36.6 Å². The number of hydrogen-bond acceptors (Lipinski definition) is 6. The number of imidazole rings is 1. The molecule has 0 bridgehead atoms. The molecular weight excluding hydrogens is 386 g/mol. The average Bonchev–Trinajstić information content (AvgIpc) is 3.10. The first kappa shape index (κ1) is 21.2. The zero-order valence-electron chi connectivity index (χ0n) is 17.1. The number of H-pyrrole nitrogens is 1. The van der Waals surface area contributed by atoms with Crippen LogP contribution in [-0.2, 0) is 29.2 Å². The molecule has 0 unspecified atom stereocenters. The Morgan fingerprint density at radius 1 is 1.13 bits per heavy atom. The van der Waals surface area contributed by atoms with Crippen molar-refractivity contribution in [1.29, 1.82) is 0 Å². The summed E-state index contributed by atoms with van der Waals surface area (Å²) in [5.74, 6) is -0.0990. The third kappa shape index (κ3) is 4.73. The molecule has 9 heteroatoms. The van der Waals surface area contributed by atoms with Crippen molar-refractivity contribution in [2.75, 3.05) is 0 Å². The fraction of sp³-hybridized carbons (Fsp3) is 0.381. The third-order valence-corrected chi connectivity index (χ3v) is 4.61. The van der Waals surface area contributed by atoms with Gasteiger partial charge in [0.2, 0.25) is 0 Å². The Morgan fingerprint density at radius 2 is 1.90 bits per heavy atom. The summed E-state index contributed by atoms with van der Waals surface area (Å²) in [6.45, 7) is 4.87. The molecule has 0 aromatic carbocycles. The molecule has 0 radical (unpaired) electrons. The standard InChI is InChI=1S/C21H25N5O4/c1-3-5-13-26-19-18(20(28)24-21(26)29)25(12-4-2)16(23-19)14-30-17(27)7-6-15-8-10-22-11-9-15/h6-11H,3-5,12-14H2,1-2H3,(H,24,28,29)/b7-6-. The summed E-state index contributed by atoms with van der Waals surface area (Å²) < 4.78 is 8.52. The molecule has 158 valence electrons. The van der Waals surface area contributed by atoms with Gasteiger partial charge in [0.05, 0.1) is 0 Å². The molecule has 0 atom stereocenters. The highest BCUT2D eigenvalue weighted by molar-refractivity contribution is 5.87. The molecule has 3 aromatic heterocycles. The van der Waals surface area contributed by atoms with E-state index in [1.54, 1.807) is 35.2 Å². The Hall–Kier alpha value is -3.49. The second-order valence-electron chi connectivity index (χ2n) is 6.84. The highest BCUT2D eigenvalue weighted by Gasteiger charge is 2.18. The number of ether oxygens (including phenoxy) is 1. The number of carbonyl (C=O) groups is 1. The SMILES string of the molecule is CCCCn1c(=O)[nH]c(=O)c2c1nc(COC(=O)/C=C\c1ccncc1)n2CCC. The maximum absolute atomic E-state index is 12.5. The molecule has 9 nitrogen and oxygen atoms in total. The summed E-state index contributed by atoms with van der Waals surface area (Å²) in [6.07, 6.45) is 8.66. The van der Waals surface area contributed by atoms with Gasteiger partial charge in [-0.15, -0.1) is 0 Å². The van der Waals surface area contributed by atoms with Crippen molar-refractivity contribution in [3.8, 4) is 0 Å². The van der Waals surface area contributed by atoms with Crippen LogP contribution in [-0.4, -0.2) is 30.1 Å². The van der Waals surface area contributed by atoms with Crippen molar-refractivity contribution < 1.29 is 9.53 Å². The van der Waals surface area contributed by atoms with Gasteiger partial charge in [-0.2, -0.15) is 0 Å². The Morgan fingerprint density at radius 3 is 2.60 bits per heavy atom. The highest BCUT2D eigenvalue weighted by Crippen LogP contribution is 2.14. The Labute approximate surface area is 173 Å². The minimum Gasteiger partial charge on any atom is -0.454 e. The van der Waals surface area contributed by atoms with E-state index < -0.39 is 17.2 Å². The van der Waals surface area contributed by atoms with Gasteiger partial charge in [0.1, 0.15) is 12.4 Å². The van der Waals surface area contributed by atoms with Crippen LogP contribution in [0.5, 0.6) is 0 Å². The van der Waals surface area contributed by atoms with Crippen molar-refractivity contribution >= 4 is 23.2 Å². The van der Waals surface area contributed by atoms with Crippen LogP contribution in [0.3, 0.4) is 0 Å². The van der Waals surface area contributed by atoms with Gasteiger partial charge < -0.3 is 9.30 Å². The number of hydrogen-bond donors (Lipinski definition) is 1. The van der Waals surface area contributed by atoms with Gasteiger partial charge in [0.15, 0.2) is 11.2 Å². The lowest BCUT2D eigenvalue weighted by atomic mass is 10.2. The number of aryl methyl sites for hydroxylation is 2. The van der Waals surface area contributed by atoms with E-state index >= 15 is 0 Å². The fourth-order valence-corrected chi connectivity index (χ4v) is 3.14. The van der Waals surface area contributed by atoms with E-state index in [9.17, 15) is 14.4 Å². The maximum Gasteiger partial charge on any atom is 0.331 e. The van der Waals surface area contributed by atoms with Crippen LogP contribution in [0.15, 0.2) is 40.2 Å². The van der Waals surface area contributed by atoms with Crippen molar-refractivity contribution in [3.63, 3.8) is 0 Å². The van der Waals surface area contributed by atoms with E-state index in [0.717, 1.165) is 24.8 Å². The molecule has 3 aromatic rings. The predicted octanol–water partition coefficient (Wildman–Crippen LogP) is 2.25. The fourth-order valence-electron chi connectivity index (χ4n) is 3.14. The smallest absolute Gasteiger partial charge is 0.331 e. The lowest BCUT2D eigenvalue weighted by molar-refractivity contribution is -0.139. The monoisotopic (exact) mass is 411 g/mol. The van der Waals surface area contributed by atoms with Crippen LogP contribution < -0.4 is 11.2 Å². The first-order chi connectivity index (χ1) is 14.5. The van der Waals surface area contributed by atoms with Gasteiger partial charge in [0.25, 0.3) is 5.56 Å². The first-order valence-electron chi connectivity index (χ1n) is 10.0. The summed E-state index contributed by atoms with van der Waals surface area (Å²) in [5.41, 5.74) is 0.506. The molecule has 0 spiro atoms. The Bertz CT molecular complexity index is 1160. The zero-order valence-corrected chi connectivity index (χ0v) is 17.1. The number of unbranched alkanes of at least 4 members (excludes halogenated alkanes) is 1. The predicted molar refractivity (Wildman–Crippen MR) is 113 cm³/mol. The van der Waals surface area contributed by atoms with Gasteiger partial charge in [-0.25, -0.2) is 14.6 Å². The van der Waals surface area contributed by atoms with E-state index in [1.165, 1.54) is 10.6 Å². The maximum atomic E-state index is 12.5. The molecule has 0 aliphatic heterocycles. The molecule has 0 aliphatic rings. The van der Waals surface area contributed by atoms with Crippen LogP contribution in [0.1, 0.15) is 44.5 Å². The molecule has 30 heavy (non-hydrogen) atoms. The molecule has 0 amide bonds. The zero-order chi connectivity index (χ0) is 21.5. The topological polar surface area (TPSA) is 112 Å². The van der Waals surface area contributed by atoms with E-state index in [4.69, 9.17) is 4.74 Å². The summed E-state index contributed by atoms with van der Waals surface area (Å²) in [4.78, 5) is 47.7. The average molecular weight is 411 g/mol. The third-order valence-electron chi connectivity index (χ3n) is 4.61. The molecule has 1 N–H and O–H groups in total. The minimum atomic E-state index is -0.529. The van der Waals surface area contributed by atoms with Crippen LogP contribution in [0.2, 0.25) is 0 Å². The van der Waals surface area contributed by atoms with E-state index in [2.05, 4.69) is 15.0 Å². The second kappa shape index (κ2) is 9.82. The normalized spacial score (nSPS) is 11.4. The number of nitrogens with one attached hydrogen (secondary N) is 1. The van der Waals surface area contributed by atoms with E-state index in [1.807, 2.05) is 13.8 Å². The number of aromatic amines is 1. The van der Waals surface area contributed by atoms with Crippen molar-refractivity contribution in [1.82, 2.24) is 24.1 Å². The first-order valence-corrected chi connectivity index (χ1v) is 10.0. The molecular formula is C21H25N5O4. The lowest BCUT2D eigenvalue weighted by Crippen LogP contribution is -2.31. The largest absolute Gasteiger partial charge is 0.454 e. The van der Waals surface area contributed by atoms with Crippen molar-refractivity contribution in [3.05, 3.63) is 62.8 Å². The van der Waals surface area contributed by atoms with Crippen LogP contribution in [0.25, 0.3) is 17.2 Å². The summed E-state index contributed by atoms with van der Waals surface area (Å²) >= 11 is 0. The van der Waals surface area contributed by atoms with Crippen LogP contribution >= 0.6 is 0 Å². The van der Waals surface area contributed by atoms with E-state index in [-0.39, 0.29) is 6.61 Å². The molecule has 0 saturated carbocycles. The summed E-state index contributed by atoms with van der Waals surface area (Å²) in [5, 5.41) is 0. The van der Waals surface area contributed by atoms with Gasteiger partial charge in [0, 0.05) is 31.6 Å². The number of carbonyl (C=O) groups excluding carboxylic acids is 1. The quantitative estimate of drug-likeness (QED) is 0.427. The van der Waals surface area contributed by atoms with Gasteiger partial charge >= 0.3 is 11.7 Å². The van der Waals surface area contributed by atoms with Crippen molar-refractivity contribution in [2.45, 2.75) is 52.8 Å². The van der Waals surface area contributed by atoms with Crippen molar-refractivity contribution in [2.24, 2.45) is 0 Å². The molecule has 0 fully saturated rings. The molecule has 3 heterocycles. The number of aromatic nitrogens is 5. The number of nitrogens with zero attached hydrogens (tertiary/aromatic N) is 4. The number of rotatable bonds is 9. The highest BCUT2D eigenvalue weighted by atomic mass is 16.5. The van der Waals surface area contributed by atoms with E-state index in [0.29, 0.717) is 30.1 Å². The molecule has 0 saturated heterocycles. The minimum absolute atomic E-state index is 0.102. The Balaban J connectivity index is 1.89. The number of fused-ring (bicyclic) bond motifs is 1. The Kier molecular flexibility index (Phi) is 6.95. The molecule has 3 rings (SSSR count). The van der Waals surface area contributed by atoms with Crippen LogP contribution in [0, 0.1) is 0 Å². The molecule has 0 aliphatic carbocycles. The summed E-state index contributed by atoms with van der Waals surface area (Å²) in [7, 11) is 0. The van der Waals surface area contributed by atoms with Gasteiger partial charge in [-0.1, -0.05) is 20.3 Å². The number of esters is 1. The summed E-state index contributed by atoms with van der Waals surface area (Å²) in [6, 6.07) is 3.54. The van der Waals surface area contributed by atoms with Crippen LogP contribution in [0.4, 0.5) is 0 Å². The van der Waals surface area contributed by atoms with Gasteiger partial charge in [-0.3, -0.25) is 19.3 Å². The lowest BCUT2D eigenvalue weighted by Gasteiger charge is -2.08.